The SMILES string of the molecule is CN(C)[C@H](CNC(=O)[C@@H](Cc1c[nH]c2ccccc12)NC(=O)OCc1ccccc1)c1ccccc1. The fourth-order valence-electron chi connectivity index (χ4n) is 4.23. The number of fused-ring (bicyclic) bond motifs is 1. The zero-order chi connectivity index (χ0) is 25.3. The first-order valence-corrected chi connectivity index (χ1v) is 12.0. The first-order chi connectivity index (χ1) is 17.5. The Balaban J connectivity index is 1.47. The van der Waals surface area contributed by atoms with Crippen LogP contribution in [0.25, 0.3) is 10.9 Å². The van der Waals surface area contributed by atoms with Gasteiger partial charge in [-0.15, -0.1) is 0 Å². The van der Waals surface area contributed by atoms with Crippen LogP contribution in [0.2, 0.25) is 0 Å². The van der Waals surface area contributed by atoms with Gasteiger partial charge in [0.2, 0.25) is 5.91 Å². The number of rotatable bonds is 10. The van der Waals surface area contributed by atoms with Crippen molar-refractivity contribution in [2.24, 2.45) is 0 Å². The third-order valence-corrected chi connectivity index (χ3v) is 6.20. The quantitative estimate of drug-likeness (QED) is 0.311. The van der Waals surface area contributed by atoms with Crippen molar-refractivity contribution in [3.8, 4) is 0 Å². The Bertz CT molecular complexity index is 1270. The van der Waals surface area contributed by atoms with Crippen LogP contribution in [0.4, 0.5) is 4.79 Å². The van der Waals surface area contributed by atoms with Crippen LogP contribution in [0.15, 0.2) is 91.1 Å². The van der Waals surface area contributed by atoms with E-state index in [2.05, 4.69) is 20.5 Å². The molecular weight excluding hydrogens is 452 g/mol. The van der Waals surface area contributed by atoms with Crippen molar-refractivity contribution < 1.29 is 14.3 Å². The summed E-state index contributed by atoms with van der Waals surface area (Å²) < 4.78 is 5.40. The van der Waals surface area contributed by atoms with E-state index in [1.165, 1.54) is 0 Å². The Morgan fingerprint density at radius 2 is 1.58 bits per heavy atom. The number of aromatic amines is 1. The predicted octanol–water partition coefficient (Wildman–Crippen LogP) is 4.42. The summed E-state index contributed by atoms with van der Waals surface area (Å²) in [7, 11) is 3.96. The van der Waals surface area contributed by atoms with E-state index in [-0.39, 0.29) is 18.6 Å². The Labute approximate surface area is 211 Å². The molecule has 186 valence electrons. The lowest BCUT2D eigenvalue weighted by Crippen LogP contribution is -2.49. The molecule has 0 saturated heterocycles. The summed E-state index contributed by atoms with van der Waals surface area (Å²) in [5.74, 6) is -0.264. The number of benzene rings is 3. The topological polar surface area (TPSA) is 86.5 Å². The number of carbonyl (C=O) groups is 2. The third-order valence-electron chi connectivity index (χ3n) is 6.20. The fraction of sp³-hybridized carbons (Fsp3) is 0.241. The van der Waals surface area contributed by atoms with Gasteiger partial charge >= 0.3 is 6.09 Å². The summed E-state index contributed by atoms with van der Waals surface area (Å²) in [4.78, 5) is 31.3. The van der Waals surface area contributed by atoms with Crippen molar-refractivity contribution in [2.75, 3.05) is 20.6 Å². The monoisotopic (exact) mass is 484 g/mol. The van der Waals surface area contributed by atoms with E-state index >= 15 is 0 Å². The minimum atomic E-state index is -0.800. The molecule has 0 unspecified atom stereocenters. The van der Waals surface area contributed by atoms with E-state index in [0.717, 1.165) is 27.6 Å². The summed E-state index contributed by atoms with van der Waals surface area (Å²) in [6, 6.07) is 26.6. The number of hydrogen-bond donors (Lipinski definition) is 3. The average molecular weight is 485 g/mol. The van der Waals surface area contributed by atoms with Gasteiger partial charge in [0.1, 0.15) is 12.6 Å². The molecular formula is C29H32N4O3. The summed E-state index contributed by atoms with van der Waals surface area (Å²) in [5, 5.41) is 6.84. The maximum absolute atomic E-state index is 13.4. The Morgan fingerprint density at radius 3 is 2.31 bits per heavy atom. The molecule has 0 aliphatic carbocycles. The highest BCUT2D eigenvalue weighted by Gasteiger charge is 2.25. The second kappa shape index (κ2) is 12.0. The van der Waals surface area contributed by atoms with Crippen LogP contribution in [0.1, 0.15) is 22.7 Å². The van der Waals surface area contributed by atoms with Crippen LogP contribution < -0.4 is 10.6 Å². The summed E-state index contributed by atoms with van der Waals surface area (Å²) >= 11 is 0. The van der Waals surface area contributed by atoms with Crippen molar-refractivity contribution in [3.05, 3.63) is 108 Å². The number of alkyl carbamates (subject to hydrolysis) is 1. The molecule has 0 aliphatic heterocycles. The van der Waals surface area contributed by atoms with Crippen LogP contribution in [-0.4, -0.2) is 48.6 Å². The Hall–Kier alpha value is -4.10. The van der Waals surface area contributed by atoms with Crippen LogP contribution in [0.3, 0.4) is 0 Å². The lowest BCUT2D eigenvalue weighted by Gasteiger charge is -2.26. The van der Waals surface area contributed by atoms with Gasteiger partial charge in [-0.25, -0.2) is 4.79 Å². The van der Waals surface area contributed by atoms with Gasteiger partial charge < -0.3 is 25.3 Å². The molecule has 0 saturated carbocycles. The smallest absolute Gasteiger partial charge is 0.408 e. The zero-order valence-corrected chi connectivity index (χ0v) is 20.6. The molecule has 4 aromatic rings. The molecule has 0 bridgehead atoms. The highest BCUT2D eigenvalue weighted by atomic mass is 16.5. The number of H-pyrrole nitrogens is 1. The van der Waals surface area contributed by atoms with E-state index in [1.807, 2.05) is 105 Å². The van der Waals surface area contributed by atoms with E-state index < -0.39 is 12.1 Å². The van der Waals surface area contributed by atoms with E-state index in [0.29, 0.717) is 13.0 Å². The van der Waals surface area contributed by atoms with Gasteiger partial charge in [-0.2, -0.15) is 0 Å². The molecule has 1 heterocycles. The third kappa shape index (κ3) is 6.52. The van der Waals surface area contributed by atoms with Crippen molar-refractivity contribution in [1.29, 1.82) is 0 Å². The number of aromatic nitrogens is 1. The second-order valence-corrected chi connectivity index (χ2v) is 8.96. The molecule has 7 nitrogen and oxygen atoms in total. The van der Waals surface area contributed by atoms with E-state index in [4.69, 9.17) is 4.74 Å². The van der Waals surface area contributed by atoms with Crippen molar-refractivity contribution in [2.45, 2.75) is 25.1 Å². The number of hydrogen-bond acceptors (Lipinski definition) is 4. The van der Waals surface area contributed by atoms with Gasteiger partial charge in [0.25, 0.3) is 0 Å². The molecule has 4 rings (SSSR count). The predicted molar refractivity (Wildman–Crippen MR) is 141 cm³/mol. The summed E-state index contributed by atoms with van der Waals surface area (Å²) in [5.41, 5.74) is 3.91. The highest BCUT2D eigenvalue weighted by molar-refractivity contribution is 5.88. The lowest BCUT2D eigenvalue weighted by atomic mass is 10.0. The van der Waals surface area contributed by atoms with E-state index in [1.54, 1.807) is 0 Å². The van der Waals surface area contributed by atoms with Crippen LogP contribution >= 0.6 is 0 Å². The molecule has 3 aromatic carbocycles. The van der Waals surface area contributed by atoms with Gasteiger partial charge in [0, 0.05) is 30.1 Å². The van der Waals surface area contributed by atoms with Crippen LogP contribution in [0.5, 0.6) is 0 Å². The average Bonchev–Trinajstić information content (AvgIpc) is 3.31. The maximum Gasteiger partial charge on any atom is 0.408 e. The van der Waals surface area contributed by atoms with Gasteiger partial charge in [0.05, 0.1) is 6.04 Å². The molecule has 7 heteroatoms. The molecule has 0 fully saturated rings. The first-order valence-electron chi connectivity index (χ1n) is 12.0. The maximum atomic E-state index is 13.4. The number of carbonyl (C=O) groups excluding carboxylic acids is 2. The minimum absolute atomic E-state index is 0.00563. The van der Waals surface area contributed by atoms with Crippen LogP contribution in [-0.2, 0) is 22.6 Å². The summed E-state index contributed by atoms with van der Waals surface area (Å²) in [6.07, 6.45) is 1.58. The van der Waals surface area contributed by atoms with E-state index in [9.17, 15) is 9.59 Å². The van der Waals surface area contributed by atoms with Gasteiger partial charge in [-0.05, 0) is 36.9 Å². The van der Waals surface area contributed by atoms with Gasteiger partial charge in [0.15, 0.2) is 0 Å². The standard InChI is InChI=1S/C29H32N4O3/c1-33(2)27(22-13-7-4-8-14-22)19-31-28(34)26(17-23-18-30-25-16-10-9-15-24(23)25)32-29(35)36-20-21-11-5-3-6-12-21/h3-16,18,26-27,30H,17,19-20H2,1-2H3,(H,31,34)(H,32,35)/t26-,27-/m1/s1. The second-order valence-electron chi connectivity index (χ2n) is 8.96. The number of nitrogens with zero attached hydrogens (tertiary/aromatic N) is 1. The molecule has 3 N–H and O–H groups in total. The number of amides is 2. The molecule has 1 aromatic heterocycles. The Kier molecular flexibility index (Phi) is 8.36. The fourth-order valence-corrected chi connectivity index (χ4v) is 4.23. The largest absolute Gasteiger partial charge is 0.445 e. The van der Waals surface area contributed by atoms with Crippen molar-refractivity contribution >= 4 is 22.9 Å². The molecule has 36 heavy (non-hydrogen) atoms. The molecule has 2 atom stereocenters. The molecule has 0 radical (unpaired) electrons. The lowest BCUT2D eigenvalue weighted by molar-refractivity contribution is -0.123. The number of para-hydroxylation sites is 1. The highest BCUT2D eigenvalue weighted by Crippen LogP contribution is 2.20. The minimum Gasteiger partial charge on any atom is -0.445 e. The normalized spacial score (nSPS) is 12.8. The van der Waals surface area contributed by atoms with Crippen molar-refractivity contribution in [3.63, 3.8) is 0 Å². The molecule has 2 amide bonds. The number of likely N-dealkylation sites (N-methyl/N-ethyl adjacent to an activating group) is 1. The van der Waals surface area contributed by atoms with Gasteiger partial charge in [-0.1, -0.05) is 78.9 Å². The van der Waals surface area contributed by atoms with Crippen molar-refractivity contribution in [1.82, 2.24) is 20.5 Å². The molecule has 0 spiro atoms. The zero-order valence-electron chi connectivity index (χ0n) is 20.6. The number of ether oxygens (including phenoxy) is 1. The van der Waals surface area contributed by atoms with Gasteiger partial charge in [-0.3, -0.25) is 4.79 Å². The number of nitrogens with one attached hydrogen (secondary N) is 3. The molecule has 0 aliphatic rings. The Morgan fingerprint density at radius 1 is 0.917 bits per heavy atom. The summed E-state index contributed by atoms with van der Waals surface area (Å²) in [6.45, 7) is 0.534. The van der Waals surface area contributed by atoms with Crippen LogP contribution in [0, 0.1) is 0 Å². The first kappa shape index (κ1) is 25.0.